The average Bonchev–Trinajstić information content (AvgIpc) is 3.75. The van der Waals surface area contributed by atoms with Crippen molar-refractivity contribution in [1.82, 2.24) is 14.8 Å². The third kappa shape index (κ3) is 5.12. The van der Waals surface area contributed by atoms with Crippen molar-refractivity contribution in [3.63, 3.8) is 0 Å². The van der Waals surface area contributed by atoms with Gasteiger partial charge < -0.3 is 5.32 Å². The number of anilines is 2. The van der Waals surface area contributed by atoms with Crippen LogP contribution in [0.3, 0.4) is 0 Å². The quantitative estimate of drug-likeness (QED) is 0.249. The van der Waals surface area contributed by atoms with E-state index in [0.29, 0.717) is 34.6 Å². The maximum atomic E-state index is 13.2. The minimum atomic E-state index is -0.151. The second-order valence-corrected chi connectivity index (χ2v) is 11.8. The largest absolute Gasteiger partial charge is 0.384 e. The van der Waals surface area contributed by atoms with E-state index in [2.05, 4.69) is 46.1 Å². The fourth-order valence-corrected chi connectivity index (χ4v) is 7.13. The van der Waals surface area contributed by atoms with Crippen LogP contribution in [0.15, 0.2) is 85.2 Å². The van der Waals surface area contributed by atoms with Gasteiger partial charge in [-0.1, -0.05) is 42.5 Å². The fraction of sp³-hybridized carbons (Fsp3) is 0.212. The summed E-state index contributed by atoms with van der Waals surface area (Å²) in [5.41, 5.74) is 8.02. The zero-order valence-electron chi connectivity index (χ0n) is 22.4. The number of nitrogens with one attached hydrogen (secondary N) is 2. The van der Waals surface area contributed by atoms with E-state index in [1.54, 1.807) is 23.5 Å². The van der Waals surface area contributed by atoms with Gasteiger partial charge in [-0.3, -0.25) is 14.8 Å². The van der Waals surface area contributed by atoms with Crippen molar-refractivity contribution in [2.75, 3.05) is 17.2 Å². The Morgan fingerprint density at radius 1 is 1.10 bits per heavy atom. The number of carbonyl (C=O) groups excluding carboxylic acids is 1. The molecule has 7 rings (SSSR count). The highest BCUT2D eigenvalue weighted by molar-refractivity contribution is 7.15. The molecule has 202 valence electrons. The van der Waals surface area contributed by atoms with Gasteiger partial charge >= 0.3 is 0 Å². The summed E-state index contributed by atoms with van der Waals surface area (Å²) in [5, 5.41) is 20.8. The number of fused-ring (bicyclic) bond motifs is 2. The second-order valence-electron chi connectivity index (χ2n) is 10.7. The summed E-state index contributed by atoms with van der Waals surface area (Å²) < 4.78 is 1.86. The first-order valence-electron chi connectivity index (χ1n) is 13.9. The van der Waals surface area contributed by atoms with E-state index in [-0.39, 0.29) is 5.91 Å². The lowest BCUT2D eigenvalue weighted by molar-refractivity contribution is 0.102. The molecule has 7 nitrogen and oxygen atoms in total. The molecular weight excluding hydrogens is 528 g/mol. The van der Waals surface area contributed by atoms with E-state index in [1.807, 2.05) is 53.5 Å². The number of carbonyl (C=O) groups is 1. The molecule has 5 aromatic rings. The Morgan fingerprint density at radius 3 is 2.85 bits per heavy atom. The van der Waals surface area contributed by atoms with Crippen molar-refractivity contribution >= 4 is 28.1 Å². The second kappa shape index (κ2) is 10.7. The van der Waals surface area contributed by atoms with E-state index in [0.717, 1.165) is 48.2 Å². The van der Waals surface area contributed by atoms with Gasteiger partial charge in [-0.15, -0.1) is 11.3 Å². The number of amides is 1. The maximum absolute atomic E-state index is 13.2. The lowest BCUT2D eigenvalue weighted by Gasteiger charge is -2.26. The number of para-hydroxylation sites is 1. The number of nitrogens with zero attached hydrogens (tertiary/aromatic N) is 4. The monoisotopic (exact) mass is 556 g/mol. The molecule has 0 radical (unpaired) electrons. The molecule has 0 saturated carbocycles. The van der Waals surface area contributed by atoms with E-state index in [9.17, 15) is 4.79 Å². The lowest BCUT2D eigenvalue weighted by atomic mass is 9.79. The van der Waals surface area contributed by atoms with Crippen molar-refractivity contribution in [2.45, 2.75) is 31.7 Å². The van der Waals surface area contributed by atoms with E-state index in [4.69, 9.17) is 10.2 Å². The molecule has 2 atom stereocenters. The van der Waals surface area contributed by atoms with Gasteiger partial charge in [-0.05, 0) is 72.2 Å². The molecule has 2 unspecified atom stereocenters. The molecule has 0 fully saturated rings. The van der Waals surface area contributed by atoms with Crippen molar-refractivity contribution in [3.05, 3.63) is 118 Å². The highest BCUT2D eigenvalue weighted by Gasteiger charge is 2.33. The molecule has 8 heteroatoms. The molecule has 1 aliphatic heterocycles. The van der Waals surface area contributed by atoms with Crippen molar-refractivity contribution in [1.29, 1.82) is 5.26 Å². The predicted molar refractivity (Wildman–Crippen MR) is 161 cm³/mol. The van der Waals surface area contributed by atoms with Gasteiger partial charge in [0.2, 0.25) is 0 Å². The first-order chi connectivity index (χ1) is 20.1. The SMILES string of the molecule is N#Cc1ccc(-c2cnn(Cc3cccc(C(=O)Nc4nc5c(s4)CC(C4CNc6ccccc64)CC5)c3)c2)cc1. The molecule has 1 aliphatic carbocycles. The van der Waals surface area contributed by atoms with Gasteiger partial charge in [0.15, 0.2) is 5.13 Å². The van der Waals surface area contributed by atoms with Crippen LogP contribution in [-0.2, 0) is 19.4 Å². The minimum Gasteiger partial charge on any atom is -0.384 e. The molecule has 0 saturated heterocycles. The van der Waals surface area contributed by atoms with E-state index >= 15 is 0 Å². The van der Waals surface area contributed by atoms with E-state index in [1.165, 1.54) is 16.1 Å². The number of aromatic nitrogens is 3. The van der Waals surface area contributed by atoms with Crippen LogP contribution in [0, 0.1) is 17.2 Å². The maximum Gasteiger partial charge on any atom is 0.257 e. The molecule has 1 amide bonds. The highest BCUT2D eigenvalue weighted by atomic mass is 32.1. The highest BCUT2D eigenvalue weighted by Crippen LogP contribution is 2.43. The summed E-state index contributed by atoms with van der Waals surface area (Å²) in [4.78, 5) is 19.3. The van der Waals surface area contributed by atoms with Crippen LogP contribution < -0.4 is 10.6 Å². The van der Waals surface area contributed by atoms with Crippen LogP contribution in [0.2, 0.25) is 0 Å². The topological polar surface area (TPSA) is 95.6 Å². The van der Waals surface area contributed by atoms with Crippen molar-refractivity contribution < 1.29 is 4.79 Å². The number of hydrogen-bond donors (Lipinski definition) is 2. The van der Waals surface area contributed by atoms with Crippen LogP contribution in [-0.4, -0.2) is 27.2 Å². The number of nitriles is 1. The summed E-state index contributed by atoms with van der Waals surface area (Å²) in [5.74, 6) is 0.957. The van der Waals surface area contributed by atoms with Gasteiger partial charge in [0.25, 0.3) is 5.91 Å². The van der Waals surface area contributed by atoms with E-state index < -0.39 is 0 Å². The Hall–Kier alpha value is -4.74. The van der Waals surface area contributed by atoms with Crippen molar-refractivity contribution in [2.24, 2.45) is 5.92 Å². The number of benzene rings is 3. The zero-order chi connectivity index (χ0) is 27.8. The Morgan fingerprint density at radius 2 is 1.98 bits per heavy atom. The third-order valence-corrected chi connectivity index (χ3v) is 9.19. The Balaban J connectivity index is 1.01. The molecule has 0 bridgehead atoms. The third-order valence-electron chi connectivity index (χ3n) is 8.15. The number of thiazole rings is 1. The molecule has 2 N–H and O–H groups in total. The molecule has 2 aliphatic rings. The van der Waals surface area contributed by atoms with Crippen molar-refractivity contribution in [3.8, 4) is 17.2 Å². The first kappa shape index (κ1) is 25.2. The Labute approximate surface area is 242 Å². The summed E-state index contributed by atoms with van der Waals surface area (Å²) in [6, 6.07) is 25.9. The molecular formula is C33H28N6OS. The van der Waals surface area contributed by atoms with Crippen LogP contribution in [0.25, 0.3) is 11.1 Å². The van der Waals surface area contributed by atoms with Gasteiger partial charge in [0, 0.05) is 40.4 Å². The molecule has 3 aromatic carbocycles. The van der Waals surface area contributed by atoms with Gasteiger partial charge in [0.05, 0.1) is 30.1 Å². The standard InChI is InChI=1S/C33H28N6OS/c34-16-21-8-10-23(11-9-21)26-17-36-39(20-26)19-22-4-3-5-25(14-22)32(40)38-33-37-30-13-12-24(15-31(30)41-33)28-18-35-29-7-2-1-6-27(28)29/h1-11,14,17,20,24,28,35H,12-13,15,18-19H2,(H,37,38,40). The van der Waals surface area contributed by atoms with Gasteiger partial charge in [-0.2, -0.15) is 10.4 Å². The number of rotatable bonds is 6. The summed E-state index contributed by atoms with van der Waals surface area (Å²) >= 11 is 1.62. The van der Waals surface area contributed by atoms with Gasteiger partial charge in [0.1, 0.15) is 0 Å². The summed E-state index contributed by atoms with van der Waals surface area (Å²) in [7, 11) is 0. The molecule has 41 heavy (non-hydrogen) atoms. The minimum absolute atomic E-state index is 0.151. The van der Waals surface area contributed by atoms with Gasteiger partial charge in [-0.25, -0.2) is 4.98 Å². The summed E-state index contributed by atoms with van der Waals surface area (Å²) in [6.45, 7) is 1.54. The smallest absolute Gasteiger partial charge is 0.257 e. The Bertz CT molecular complexity index is 1780. The predicted octanol–water partition coefficient (Wildman–Crippen LogP) is 6.49. The van der Waals surface area contributed by atoms with Crippen LogP contribution in [0.1, 0.15) is 50.0 Å². The number of aryl methyl sites for hydroxylation is 1. The first-order valence-corrected chi connectivity index (χ1v) is 14.7. The molecule has 0 spiro atoms. The number of hydrogen-bond acceptors (Lipinski definition) is 6. The van der Waals surface area contributed by atoms with Crippen LogP contribution >= 0.6 is 11.3 Å². The lowest BCUT2D eigenvalue weighted by Crippen LogP contribution is -2.21. The Kier molecular flexibility index (Phi) is 6.57. The average molecular weight is 557 g/mol. The zero-order valence-corrected chi connectivity index (χ0v) is 23.2. The summed E-state index contributed by atoms with van der Waals surface area (Å²) in [6.07, 6.45) is 6.87. The van der Waals surface area contributed by atoms with Crippen LogP contribution in [0.5, 0.6) is 0 Å². The molecule has 3 heterocycles. The normalized spacial score (nSPS) is 17.2. The van der Waals surface area contributed by atoms with Crippen LogP contribution in [0.4, 0.5) is 10.8 Å². The fourth-order valence-electron chi connectivity index (χ4n) is 6.03. The molecule has 2 aromatic heterocycles.